The van der Waals surface area contributed by atoms with Crippen molar-refractivity contribution < 1.29 is 14.2 Å². The Bertz CT molecular complexity index is 723. The molecule has 1 aliphatic heterocycles. The van der Waals surface area contributed by atoms with Gasteiger partial charge in [0, 0.05) is 25.2 Å². The van der Waals surface area contributed by atoms with Crippen LogP contribution < -0.4 is 14.8 Å². The molecule has 0 bridgehead atoms. The molecule has 3 rings (SSSR count). The third-order valence-corrected chi connectivity index (χ3v) is 5.43. The van der Waals surface area contributed by atoms with Gasteiger partial charge < -0.3 is 19.5 Å². The Morgan fingerprint density at radius 1 is 1.07 bits per heavy atom. The van der Waals surface area contributed by atoms with Crippen LogP contribution in [0.3, 0.4) is 0 Å². The van der Waals surface area contributed by atoms with Gasteiger partial charge in [-0.25, -0.2) is 0 Å². The average Bonchev–Trinajstić information content (AvgIpc) is 2.75. The van der Waals surface area contributed by atoms with Crippen molar-refractivity contribution in [1.29, 1.82) is 0 Å². The maximum atomic E-state index is 5.76. The highest BCUT2D eigenvalue weighted by molar-refractivity contribution is 5.85. The average molecular weight is 421 g/mol. The number of nitrogens with zero attached hydrogens (tertiary/aromatic N) is 1. The van der Waals surface area contributed by atoms with Crippen molar-refractivity contribution in [2.75, 3.05) is 41.0 Å². The molecule has 1 aliphatic rings. The SMILES string of the molecule is COc1ccc(CCC(C2COCCN2)N(C)Cc2ccccc2)cc1OC.Cl. The molecule has 1 N–H and O–H groups in total. The lowest BCUT2D eigenvalue weighted by Gasteiger charge is -2.37. The van der Waals surface area contributed by atoms with Gasteiger partial charge in [-0.15, -0.1) is 12.4 Å². The van der Waals surface area contributed by atoms with Gasteiger partial charge in [0.2, 0.25) is 0 Å². The van der Waals surface area contributed by atoms with Crippen molar-refractivity contribution in [3.8, 4) is 11.5 Å². The number of methoxy groups -OCH3 is 2. The van der Waals surface area contributed by atoms with E-state index in [0.29, 0.717) is 12.1 Å². The smallest absolute Gasteiger partial charge is 0.160 e. The molecule has 0 aromatic heterocycles. The molecule has 2 unspecified atom stereocenters. The minimum Gasteiger partial charge on any atom is -0.493 e. The number of nitrogens with one attached hydrogen (secondary N) is 1. The fraction of sp³-hybridized carbons (Fsp3) is 0.478. The van der Waals surface area contributed by atoms with Gasteiger partial charge in [0.15, 0.2) is 11.5 Å². The van der Waals surface area contributed by atoms with Crippen molar-refractivity contribution in [3.63, 3.8) is 0 Å². The summed E-state index contributed by atoms with van der Waals surface area (Å²) in [6, 6.07) is 17.6. The lowest BCUT2D eigenvalue weighted by Crippen LogP contribution is -2.54. The Balaban J connectivity index is 0.00000300. The van der Waals surface area contributed by atoms with E-state index < -0.39 is 0 Å². The van der Waals surface area contributed by atoms with Crippen molar-refractivity contribution in [2.45, 2.75) is 31.5 Å². The van der Waals surface area contributed by atoms with Crippen LogP contribution >= 0.6 is 12.4 Å². The summed E-state index contributed by atoms with van der Waals surface area (Å²) in [6.07, 6.45) is 2.02. The van der Waals surface area contributed by atoms with E-state index in [2.05, 4.69) is 59.7 Å². The quantitative estimate of drug-likeness (QED) is 0.672. The van der Waals surface area contributed by atoms with Gasteiger partial charge in [0.05, 0.1) is 27.4 Å². The number of likely N-dealkylation sites (N-methyl/N-ethyl adjacent to an activating group) is 1. The highest BCUT2D eigenvalue weighted by atomic mass is 35.5. The van der Waals surface area contributed by atoms with Crippen LogP contribution in [0.15, 0.2) is 48.5 Å². The molecule has 0 saturated carbocycles. The minimum atomic E-state index is 0. The van der Waals surface area contributed by atoms with Crippen molar-refractivity contribution in [3.05, 3.63) is 59.7 Å². The lowest BCUT2D eigenvalue weighted by molar-refractivity contribution is 0.0371. The third-order valence-electron chi connectivity index (χ3n) is 5.43. The number of aryl methyl sites for hydroxylation is 1. The number of halogens is 1. The Morgan fingerprint density at radius 3 is 2.48 bits per heavy atom. The second-order valence-corrected chi connectivity index (χ2v) is 7.33. The van der Waals surface area contributed by atoms with Gasteiger partial charge in [0.1, 0.15) is 0 Å². The Morgan fingerprint density at radius 2 is 1.83 bits per heavy atom. The van der Waals surface area contributed by atoms with Gasteiger partial charge >= 0.3 is 0 Å². The summed E-state index contributed by atoms with van der Waals surface area (Å²) < 4.78 is 16.6. The number of hydrogen-bond donors (Lipinski definition) is 1. The van der Waals surface area contributed by atoms with Crippen molar-refractivity contribution in [2.24, 2.45) is 0 Å². The Labute approximate surface area is 180 Å². The summed E-state index contributed by atoms with van der Waals surface area (Å²) in [5, 5.41) is 3.65. The first-order valence-corrected chi connectivity index (χ1v) is 9.97. The first-order chi connectivity index (χ1) is 13.7. The number of hydrogen-bond acceptors (Lipinski definition) is 5. The second kappa shape index (κ2) is 12.0. The third kappa shape index (κ3) is 6.61. The predicted molar refractivity (Wildman–Crippen MR) is 119 cm³/mol. The molecule has 0 spiro atoms. The number of ether oxygens (including phenoxy) is 3. The van der Waals surface area contributed by atoms with E-state index in [1.165, 1.54) is 11.1 Å². The zero-order valence-electron chi connectivity index (χ0n) is 17.6. The highest BCUT2D eigenvalue weighted by Crippen LogP contribution is 2.28. The van der Waals surface area contributed by atoms with E-state index >= 15 is 0 Å². The molecule has 0 aliphatic carbocycles. The van der Waals surface area contributed by atoms with Gasteiger partial charge in [-0.3, -0.25) is 4.90 Å². The van der Waals surface area contributed by atoms with Gasteiger partial charge in [-0.2, -0.15) is 0 Å². The normalized spacial score (nSPS) is 17.4. The summed E-state index contributed by atoms with van der Waals surface area (Å²) in [7, 11) is 5.56. The summed E-state index contributed by atoms with van der Waals surface area (Å²) in [6.45, 7) is 3.39. The Kier molecular flexibility index (Phi) is 9.74. The van der Waals surface area contributed by atoms with E-state index in [1.54, 1.807) is 14.2 Å². The largest absolute Gasteiger partial charge is 0.493 e. The Hall–Kier alpha value is -1.79. The molecule has 2 atom stereocenters. The zero-order chi connectivity index (χ0) is 19.8. The topological polar surface area (TPSA) is 43.0 Å². The zero-order valence-corrected chi connectivity index (χ0v) is 18.4. The standard InChI is InChI=1S/C23H32N2O3.ClH/c1-25(16-19-7-5-4-6-8-19)21(20-17-28-14-13-24-20)11-9-18-10-12-22(26-2)23(15-18)27-3;/h4-8,10,12,15,20-21,24H,9,11,13-14,16-17H2,1-3H3;1H. The molecule has 0 amide bonds. The highest BCUT2D eigenvalue weighted by Gasteiger charge is 2.27. The van der Waals surface area contributed by atoms with Crippen molar-refractivity contribution in [1.82, 2.24) is 10.2 Å². The van der Waals surface area contributed by atoms with Crippen LogP contribution in [0.5, 0.6) is 11.5 Å². The van der Waals surface area contributed by atoms with E-state index in [1.807, 2.05) is 6.07 Å². The van der Waals surface area contributed by atoms with Gasteiger partial charge in [-0.1, -0.05) is 36.4 Å². The molecule has 1 saturated heterocycles. The van der Waals surface area contributed by atoms with Crippen molar-refractivity contribution >= 4 is 12.4 Å². The van der Waals surface area contributed by atoms with Crippen LogP contribution in [0.2, 0.25) is 0 Å². The molecular weight excluding hydrogens is 388 g/mol. The molecule has 2 aromatic carbocycles. The summed E-state index contributed by atoms with van der Waals surface area (Å²) in [5.41, 5.74) is 2.59. The van der Waals surface area contributed by atoms with Gasteiger partial charge in [-0.05, 0) is 43.1 Å². The fourth-order valence-corrected chi connectivity index (χ4v) is 3.90. The summed E-state index contributed by atoms with van der Waals surface area (Å²) in [5.74, 6) is 1.56. The van der Waals surface area contributed by atoms with E-state index in [9.17, 15) is 0 Å². The minimum absolute atomic E-state index is 0. The first-order valence-electron chi connectivity index (χ1n) is 9.97. The van der Waals surface area contributed by atoms with E-state index in [0.717, 1.165) is 50.6 Å². The molecule has 0 radical (unpaired) electrons. The number of morpholine rings is 1. The summed E-state index contributed by atoms with van der Waals surface area (Å²) in [4.78, 5) is 2.45. The van der Waals surface area contributed by atoms with E-state index in [4.69, 9.17) is 14.2 Å². The molecule has 2 aromatic rings. The maximum absolute atomic E-state index is 5.76. The molecule has 5 nitrogen and oxygen atoms in total. The van der Waals surface area contributed by atoms with Crippen LogP contribution in [0.25, 0.3) is 0 Å². The lowest BCUT2D eigenvalue weighted by atomic mass is 9.97. The van der Waals surface area contributed by atoms with Crippen LogP contribution in [-0.4, -0.2) is 58.0 Å². The van der Waals surface area contributed by atoms with Crippen LogP contribution in [0, 0.1) is 0 Å². The van der Waals surface area contributed by atoms with E-state index in [-0.39, 0.29) is 12.4 Å². The van der Waals surface area contributed by atoms with Crippen LogP contribution in [-0.2, 0) is 17.7 Å². The fourth-order valence-electron chi connectivity index (χ4n) is 3.90. The number of rotatable bonds is 9. The molecule has 160 valence electrons. The molecule has 1 heterocycles. The number of benzene rings is 2. The van der Waals surface area contributed by atoms with Crippen LogP contribution in [0.4, 0.5) is 0 Å². The first kappa shape index (κ1) is 23.5. The summed E-state index contributed by atoms with van der Waals surface area (Å²) >= 11 is 0. The maximum Gasteiger partial charge on any atom is 0.160 e. The molecule has 29 heavy (non-hydrogen) atoms. The van der Waals surface area contributed by atoms with Crippen LogP contribution in [0.1, 0.15) is 17.5 Å². The monoisotopic (exact) mass is 420 g/mol. The van der Waals surface area contributed by atoms with Gasteiger partial charge in [0.25, 0.3) is 0 Å². The molecule has 6 heteroatoms. The second-order valence-electron chi connectivity index (χ2n) is 7.33. The predicted octanol–water partition coefficient (Wildman–Crippen LogP) is 3.55. The molecule has 1 fully saturated rings. The molecular formula is C23H33ClN2O3.